The first-order chi connectivity index (χ1) is 18.2. The Hall–Kier alpha value is -3.87. The topological polar surface area (TPSA) is 84.9 Å². The number of carbonyl (C=O) groups excluding carboxylic acids is 1. The summed E-state index contributed by atoms with van der Waals surface area (Å²) in [5, 5.41) is 11.5. The Labute approximate surface area is 222 Å². The smallest absolute Gasteiger partial charge is 0.416 e. The molecule has 0 saturated heterocycles. The van der Waals surface area contributed by atoms with Crippen LogP contribution in [0.2, 0.25) is 0 Å². The number of anilines is 1. The maximum absolute atomic E-state index is 13.0. The number of benzene rings is 3. The van der Waals surface area contributed by atoms with Crippen LogP contribution in [0.5, 0.6) is 17.2 Å². The highest BCUT2D eigenvalue weighted by molar-refractivity contribution is 7.98. The summed E-state index contributed by atoms with van der Waals surface area (Å²) in [7, 11) is 1.35. The number of aliphatic carboxylic acids is 1. The second-order valence-corrected chi connectivity index (χ2v) is 9.11. The lowest BCUT2D eigenvalue weighted by molar-refractivity contribution is -0.138. The quantitative estimate of drug-likeness (QED) is 0.250. The number of halogens is 6. The number of hydrogen-bond acceptors (Lipinski definition) is 5. The van der Waals surface area contributed by atoms with Gasteiger partial charge in [-0.3, -0.25) is 9.59 Å². The highest BCUT2D eigenvalue weighted by atomic mass is 32.2. The summed E-state index contributed by atoms with van der Waals surface area (Å²) in [6.07, 6.45) is -9.40. The molecule has 2 N–H and O–H groups in total. The van der Waals surface area contributed by atoms with E-state index in [0.717, 1.165) is 12.1 Å². The Bertz CT molecular complexity index is 1340. The zero-order valence-electron chi connectivity index (χ0n) is 20.2. The van der Waals surface area contributed by atoms with Crippen LogP contribution in [0.25, 0.3) is 0 Å². The predicted octanol–water partition coefficient (Wildman–Crippen LogP) is 7.18. The molecule has 1 amide bonds. The minimum atomic E-state index is -4.65. The molecule has 0 unspecified atom stereocenters. The van der Waals surface area contributed by atoms with Crippen LogP contribution >= 0.6 is 11.8 Å². The van der Waals surface area contributed by atoms with Gasteiger partial charge in [-0.1, -0.05) is 12.1 Å². The van der Waals surface area contributed by atoms with Gasteiger partial charge in [-0.15, -0.1) is 11.8 Å². The molecule has 0 heterocycles. The molecule has 0 fully saturated rings. The van der Waals surface area contributed by atoms with Crippen molar-refractivity contribution in [1.82, 2.24) is 0 Å². The van der Waals surface area contributed by atoms with E-state index in [1.807, 2.05) is 0 Å². The zero-order valence-corrected chi connectivity index (χ0v) is 21.0. The van der Waals surface area contributed by atoms with E-state index in [2.05, 4.69) is 5.32 Å². The molecule has 39 heavy (non-hydrogen) atoms. The molecule has 0 aliphatic carbocycles. The van der Waals surface area contributed by atoms with E-state index in [1.165, 1.54) is 49.6 Å². The first-order valence-electron chi connectivity index (χ1n) is 11.1. The van der Waals surface area contributed by atoms with Gasteiger partial charge in [-0.25, -0.2) is 0 Å². The van der Waals surface area contributed by atoms with Crippen molar-refractivity contribution in [3.05, 3.63) is 82.9 Å². The van der Waals surface area contributed by atoms with Crippen LogP contribution in [0.3, 0.4) is 0 Å². The number of alkyl halides is 6. The van der Waals surface area contributed by atoms with Crippen molar-refractivity contribution in [1.29, 1.82) is 0 Å². The second-order valence-electron chi connectivity index (χ2n) is 8.12. The third kappa shape index (κ3) is 8.84. The fourth-order valence-electron chi connectivity index (χ4n) is 3.39. The van der Waals surface area contributed by atoms with E-state index in [4.69, 9.17) is 14.6 Å². The summed E-state index contributed by atoms with van der Waals surface area (Å²) in [4.78, 5) is 23.7. The number of carboxylic acids is 1. The molecule has 3 rings (SSSR count). The van der Waals surface area contributed by atoms with Gasteiger partial charge in [0.05, 0.1) is 24.8 Å². The van der Waals surface area contributed by atoms with Crippen molar-refractivity contribution in [3.8, 4) is 17.2 Å². The molecule has 0 bridgehead atoms. The maximum Gasteiger partial charge on any atom is 0.416 e. The van der Waals surface area contributed by atoms with Crippen LogP contribution in [0.15, 0.2) is 60.7 Å². The van der Waals surface area contributed by atoms with Gasteiger partial charge in [-0.05, 0) is 54.1 Å². The molecule has 0 saturated carbocycles. The lowest BCUT2D eigenvalue weighted by atomic mass is 10.1. The monoisotopic (exact) mass is 573 g/mol. The van der Waals surface area contributed by atoms with Crippen LogP contribution in [0.4, 0.5) is 32.0 Å². The number of rotatable bonds is 10. The molecule has 0 aliphatic heterocycles. The van der Waals surface area contributed by atoms with Gasteiger partial charge in [0.15, 0.2) is 11.5 Å². The highest BCUT2D eigenvalue weighted by Gasteiger charge is 2.31. The normalized spacial score (nSPS) is 11.7. The number of hydrogen-bond donors (Lipinski definition) is 2. The molecular weight excluding hydrogens is 552 g/mol. The number of carboxylic acid groups (broad SMARTS) is 1. The molecule has 0 spiro atoms. The molecule has 3 aromatic carbocycles. The average molecular weight is 574 g/mol. The van der Waals surface area contributed by atoms with Gasteiger partial charge in [-0.2, -0.15) is 26.3 Å². The van der Waals surface area contributed by atoms with E-state index < -0.39 is 35.5 Å². The molecule has 208 valence electrons. The van der Waals surface area contributed by atoms with Gasteiger partial charge in [0, 0.05) is 22.6 Å². The second kappa shape index (κ2) is 12.3. The fourth-order valence-corrected chi connectivity index (χ4v) is 4.17. The van der Waals surface area contributed by atoms with E-state index >= 15 is 0 Å². The van der Waals surface area contributed by atoms with E-state index in [-0.39, 0.29) is 46.2 Å². The summed E-state index contributed by atoms with van der Waals surface area (Å²) in [5.74, 6) is -2.85. The molecule has 0 aromatic heterocycles. The first-order valence-corrected chi connectivity index (χ1v) is 12.2. The van der Waals surface area contributed by atoms with E-state index in [9.17, 15) is 35.9 Å². The zero-order chi connectivity index (χ0) is 28.8. The number of carbonyl (C=O) groups is 2. The third-order valence-corrected chi connectivity index (χ3v) is 6.14. The summed E-state index contributed by atoms with van der Waals surface area (Å²) in [6.45, 7) is 0. The number of thioether (sulfide) groups is 1. The molecular formula is C26H21F6NO5S. The van der Waals surface area contributed by atoms with Gasteiger partial charge in [0.25, 0.3) is 5.91 Å². The molecule has 13 heteroatoms. The Morgan fingerprint density at radius 2 is 1.64 bits per heavy atom. The van der Waals surface area contributed by atoms with Gasteiger partial charge < -0.3 is 19.9 Å². The van der Waals surface area contributed by atoms with Crippen molar-refractivity contribution >= 4 is 29.3 Å². The van der Waals surface area contributed by atoms with Crippen LogP contribution in [0.1, 0.15) is 27.0 Å². The van der Waals surface area contributed by atoms with E-state index in [1.54, 1.807) is 0 Å². The molecule has 0 atom stereocenters. The Balaban J connectivity index is 1.91. The van der Waals surface area contributed by atoms with Crippen LogP contribution in [-0.2, 0) is 23.1 Å². The minimum absolute atomic E-state index is 0.104. The first kappa shape index (κ1) is 29.7. The van der Waals surface area contributed by atoms with Gasteiger partial charge >= 0.3 is 18.3 Å². The summed E-state index contributed by atoms with van der Waals surface area (Å²) in [5.41, 5.74) is -0.549. The van der Waals surface area contributed by atoms with Crippen molar-refractivity contribution in [2.24, 2.45) is 0 Å². The number of ether oxygens (including phenoxy) is 2. The standard InChI is InChI=1S/C26H21F6NO5S/c1-37-21-7-5-15(10-23(34)35)9-22(21)38-20-8-6-19(12-17(20)13-39-14-25(27,28)29)33-24(36)16-3-2-4-18(11-16)26(30,31)32/h2-9,11-12H,10,13-14H2,1H3,(H,33,36)(H,34,35). The minimum Gasteiger partial charge on any atom is -0.493 e. The van der Waals surface area contributed by atoms with E-state index in [0.29, 0.717) is 23.4 Å². The maximum atomic E-state index is 13.0. The SMILES string of the molecule is COc1ccc(CC(=O)O)cc1Oc1ccc(NC(=O)c2cccc(C(F)(F)F)c2)cc1CSCC(F)(F)F. The predicted molar refractivity (Wildman–Crippen MR) is 132 cm³/mol. The lowest BCUT2D eigenvalue weighted by Crippen LogP contribution is -2.14. The molecule has 0 aliphatic rings. The molecule has 0 radical (unpaired) electrons. The fraction of sp³-hybridized carbons (Fsp3) is 0.231. The number of nitrogens with one attached hydrogen (secondary N) is 1. The lowest BCUT2D eigenvalue weighted by Gasteiger charge is -2.16. The highest BCUT2D eigenvalue weighted by Crippen LogP contribution is 2.37. The Morgan fingerprint density at radius 3 is 2.28 bits per heavy atom. The molecule has 3 aromatic rings. The average Bonchev–Trinajstić information content (AvgIpc) is 2.84. The summed E-state index contributed by atoms with van der Waals surface area (Å²) in [6, 6.07) is 12.3. The number of methoxy groups -OCH3 is 1. The van der Waals surface area contributed by atoms with Gasteiger partial charge in [0.2, 0.25) is 0 Å². The van der Waals surface area contributed by atoms with Gasteiger partial charge in [0.1, 0.15) is 5.75 Å². The molecule has 6 nitrogen and oxygen atoms in total. The number of amides is 1. The summed E-state index contributed by atoms with van der Waals surface area (Å²) >= 11 is 0.537. The van der Waals surface area contributed by atoms with Crippen LogP contribution in [0, 0.1) is 0 Å². The van der Waals surface area contributed by atoms with Crippen molar-refractivity contribution in [2.45, 2.75) is 24.5 Å². The van der Waals surface area contributed by atoms with Crippen molar-refractivity contribution in [2.75, 3.05) is 18.2 Å². The Kier molecular flexibility index (Phi) is 9.38. The summed E-state index contributed by atoms with van der Waals surface area (Å²) < 4.78 is 88.4. The third-order valence-electron chi connectivity index (χ3n) is 5.10. The Morgan fingerprint density at radius 1 is 0.923 bits per heavy atom. The van der Waals surface area contributed by atoms with Crippen LogP contribution in [-0.4, -0.2) is 36.0 Å². The van der Waals surface area contributed by atoms with Crippen molar-refractivity contribution < 1.29 is 50.5 Å². The van der Waals surface area contributed by atoms with Crippen molar-refractivity contribution in [3.63, 3.8) is 0 Å². The largest absolute Gasteiger partial charge is 0.493 e. The van der Waals surface area contributed by atoms with Crippen LogP contribution < -0.4 is 14.8 Å².